The molecule has 194 valence electrons. The van der Waals surface area contributed by atoms with E-state index in [0.717, 1.165) is 19.0 Å². The molecular formula is C27H59NO3Si. The van der Waals surface area contributed by atoms with Crippen LogP contribution in [0.25, 0.3) is 0 Å². The zero-order valence-electron chi connectivity index (χ0n) is 22.3. The van der Waals surface area contributed by atoms with Crippen LogP contribution in [0.15, 0.2) is 0 Å². The van der Waals surface area contributed by atoms with E-state index in [1.165, 1.54) is 135 Å². The zero-order valence-corrected chi connectivity index (χ0v) is 23.3. The maximum Gasteiger partial charge on any atom is 0.500 e. The first-order chi connectivity index (χ1) is 15.7. The molecular weight excluding hydrogens is 414 g/mol. The smallest absolute Gasteiger partial charge is 0.377 e. The number of rotatable bonds is 27. The fourth-order valence-corrected chi connectivity index (χ4v) is 6.37. The molecule has 0 amide bonds. The maximum absolute atomic E-state index is 5.53. The van der Waals surface area contributed by atoms with Crippen molar-refractivity contribution in [2.24, 2.45) is 5.73 Å². The first-order valence-electron chi connectivity index (χ1n) is 14.1. The number of hydrogen-bond acceptors (Lipinski definition) is 4. The van der Waals surface area contributed by atoms with Gasteiger partial charge in [-0.25, -0.2) is 0 Å². The standard InChI is InChI=1S/C27H59NO3Si/c1-29-32(30-2,31-3)27-25-23-21-19-17-15-13-11-9-7-5-4-6-8-10-12-14-16-18-20-22-24-26-28/h4-28H2,1-3H3. The van der Waals surface area contributed by atoms with E-state index >= 15 is 0 Å². The van der Waals surface area contributed by atoms with Crippen LogP contribution in [0, 0.1) is 0 Å². The van der Waals surface area contributed by atoms with Crippen molar-refractivity contribution in [1.29, 1.82) is 0 Å². The fraction of sp³-hybridized carbons (Fsp3) is 1.00. The van der Waals surface area contributed by atoms with E-state index in [1.54, 1.807) is 21.3 Å². The van der Waals surface area contributed by atoms with E-state index in [2.05, 4.69) is 0 Å². The Balaban J connectivity index is 3.15. The van der Waals surface area contributed by atoms with Crippen LogP contribution in [0.3, 0.4) is 0 Å². The molecule has 2 N–H and O–H groups in total. The van der Waals surface area contributed by atoms with E-state index in [-0.39, 0.29) is 0 Å². The van der Waals surface area contributed by atoms with Gasteiger partial charge >= 0.3 is 8.80 Å². The highest BCUT2D eigenvalue weighted by atomic mass is 28.4. The summed E-state index contributed by atoms with van der Waals surface area (Å²) in [5.74, 6) is 0. The lowest BCUT2D eigenvalue weighted by Crippen LogP contribution is -2.42. The van der Waals surface area contributed by atoms with Gasteiger partial charge in [-0.2, -0.15) is 0 Å². The van der Waals surface area contributed by atoms with Gasteiger partial charge in [0.05, 0.1) is 0 Å². The van der Waals surface area contributed by atoms with Crippen LogP contribution < -0.4 is 5.73 Å². The van der Waals surface area contributed by atoms with Gasteiger partial charge in [0, 0.05) is 27.4 Å². The molecule has 0 atom stereocenters. The van der Waals surface area contributed by atoms with E-state index in [1.807, 2.05) is 0 Å². The van der Waals surface area contributed by atoms with Gasteiger partial charge in [0.1, 0.15) is 0 Å². The summed E-state index contributed by atoms with van der Waals surface area (Å²) in [7, 11) is 2.77. The topological polar surface area (TPSA) is 53.7 Å². The van der Waals surface area contributed by atoms with E-state index < -0.39 is 8.80 Å². The first-order valence-corrected chi connectivity index (χ1v) is 16.0. The summed E-state index contributed by atoms with van der Waals surface area (Å²) >= 11 is 0. The summed E-state index contributed by atoms with van der Waals surface area (Å²) in [5.41, 5.74) is 5.53. The normalized spacial score (nSPS) is 12.0. The SMILES string of the molecule is CO[Si](CCCCCCCCCCCCCCCCCCCCCCCCN)(OC)OC. The second-order valence-electron chi connectivity index (χ2n) is 9.61. The summed E-state index contributed by atoms with van der Waals surface area (Å²) in [6.07, 6.45) is 30.7. The first kappa shape index (κ1) is 32.1. The minimum absolute atomic E-state index is 0.865. The second-order valence-corrected chi connectivity index (χ2v) is 12.7. The Hall–Kier alpha value is 0.0569. The number of unbranched alkanes of at least 4 members (excludes halogenated alkanes) is 21. The molecule has 0 aliphatic rings. The Labute approximate surface area is 203 Å². The van der Waals surface area contributed by atoms with Crippen molar-refractivity contribution in [1.82, 2.24) is 0 Å². The molecule has 0 heterocycles. The maximum atomic E-state index is 5.53. The van der Waals surface area contributed by atoms with Crippen LogP contribution in [0.5, 0.6) is 0 Å². The molecule has 0 saturated carbocycles. The van der Waals surface area contributed by atoms with Crippen molar-refractivity contribution in [2.45, 2.75) is 147 Å². The average molecular weight is 474 g/mol. The van der Waals surface area contributed by atoms with Gasteiger partial charge in [0.15, 0.2) is 0 Å². The van der Waals surface area contributed by atoms with Gasteiger partial charge in [-0.05, 0) is 19.4 Å². The molecule has 0 aliphatic heterocycles. The molecule has 0 bridgehead atoms. The largest absolute Gasteiger partial charge is 0.500 e. The van der Waals surface area contributed by atoms with Crippen molar-refractivity contribution in [2.75, 3.05) is 27.9 Å². The van der Waals surface area contributed by atoms with Crippen LogP contribution in [0.2, 0.25) is 6.04 Å². The minimum Gasteiger partial charge on any atom is -0.377 e. The Morgan fingerprint density at radius 1 is 0.375 bits per heavy atom. The molecule has 0 spiro atoms. The highest BCUT2D eigenvalue weighted by molar-refractivity contribution is 6.60. The molecule has 32 heavy (non-hydrogen) atoms. The molecule has 0 aromatic carbocycles. The van der Waals surface area contributed by atoms with Crippen molar-refractivity contribution in [3.63, 3.8) is 0 Å². The van der Waals surface area contributed by atoms with Crippen LogP contribution in [0.1, 0.15) is 141 Å². The third-order valence-electron chi connectivity index (χ3n) is 6.87. The van der Waals surface area contributed by atoms with Gasteiger partial charge in [-0.3, -0.25) is 0 Å². The molecule has 5 heteroatoms. The predicted molar refractivity (Wildman–Crippen MR) is 142 cm³/mol. The monoisotopic (exact) mass is 473 g/mol. The molecule has 0 unspecified atom stereocenters. The zero-order chi connectivity index (χ0) is 23.6. The van der Waals surface area contributed by atoms with Crippen molar-refractivity contribution in [3.05, 3.63) is 0 Å². The van der Waals surface area contributed by atoms with Crippen LogP contribution in [0.4, 0.5) is 0 Å². The third kappa shape index (κ3) is 20.6. The highest BCUT2D eigenvalue weighted by Crippen LogP contribution is 2.19. The summed E-state index contributed by atoms with van der Waals surface area (Å²) < 4.78 is 16.4. The molecule has 0 aromatic rings. The van der Waals surface area contributed by atoms with Gasteiger partial charge in [-0.15, -0.1) is 0 Å². The fourth-order valence-electron chi connectivity index (χ4n) is 4.58. The van der Waals surface area contributed by atoms with Crippen LogP contribution >= 0.6 is 0 Å². The molecule has 0 saturated heterocycles. The third-order valence-corrected chi connectivity index (χ3v) is 9.70. The van der Waals surface area contributed by atoms with Gasteiger partial charge in [0.2, 0.25) is 0 Å². The molecule has 4 nitrogen and oxygen atoms in total. The van der Waals surface area contributed by atoms with E-state index in [9.17, 15) is 0 Å². The average Bonchev–Trinajstić information content (AvgIpc) is 2.82. The van der Waals surface area contributed by atoms with Crippen LogP contribution in [-0.4, -0.2) is 36.7 Å². The summed E-state index contributed by atoms with van der Waals surface area (Å²) in [4.78, 5) is 0. The van der Waals surface area contributed by atoms with Crippen molar-refractivity contribution < 1.29 is 13.3 Å². The molecule has 0 rings (SSSR count). The minimum atomic E-state index is -2.34. The summed E-state index contributed by atoms with van der Waals surface area (Å²) in [6.45, 7) is 0.865. The van der Waals surface area contributed by atoms with Crippen LogP contribution in [-0.2, 0) is 13.3 Å². The van der Waals surface area contributed by atoms with E-state index in [4.69, 9.17) is 19.0 Å². The lowest BCUT2D eigenvalue weighted by Gasteiger charge is -2.24. The van der Waals surface area contributed by atoms with Gasteiger partial charge in [0.25, 0.3) is 0 Å². The number of hydrogen-bond donors (Lipinski definition) is 1. The van der Waals surface area contributed by atoms with Crippen molar-refractivity contribution in [3.8, 4) is 0 Å². The Morgan fingerprint density at radius 3 is 0.812 bits per heavy atom. The lowest BCUT2D eigenvalue weighted by atomic mass is 10.0. The van der Waals surface area contributed by atoms with Gasteiger partial charge in [-0.1, -0.05) is 128 Å². The quantitative estimate of drug-likeness (QED) is 0.0960. The number of nitrogens with two attached hydrogens (primary N) is 1. The molecule has 0 aliphatic carbocycles. The Kier molecular flexibility index (Phi) is 25.7. The summed E-state index contributed by atoms with van der Waals surface area (Å²) in [5, 5.41) is 0. The van der Waals surface area contributed by atoms with E-state index in [0.29, 0.717) is 0 Å². The Bertz CT molecular complexity index is 346. The predicted octanol–water partition coefficient (Wildman–Crippen LogP) is 8.41. The Morgan fingerprint density at radius 2 is 0.594 bits per heavy atom. The molecule has 0 fully saturated rings. The lowest BCUT2D eigenvalue weighted by molar-refractivity contribution is 0.122. The molecule has 0 radical (unpaired) electrons. The van der Waals surface area contributed by atoms with Gasteiger partial charge < -0.3 is 19.0 Å². The highest BCUT2D eigenvalue weighted by Gasteiger charge is 2.36. The summed E-state index contributed by atoms with van der Waals surface area (Å²) in [6, 6.07) is 0.937. The second kappa shape index (κ2) is 25.7. The van der Waals surface area contributed by atoms with Crippen molar-refractivity contribution >= 4 is 8.80 Å². The molecule has 0 aromatic heterocycles.